The Balaban J connectivity index is 1.21. The van der Waals surface area contributed by atoms with Gasteiger partial charge >= 0.3 is 0 Å². The molecular weight excluding hydrogens is 433 g/mol. The number of hydrogen-bond donors (Lipinski definition) is 0. The Morgan fingerprint density at radius 3 is 2.38 bits per heavy atom. The van der Waals surface area contributed by atoms with Gasteiger partial charge in [0, 0.05) is 50.0 Å². The number of fused-ring (bicyclic) bond motifs is 1. The summed E-state index contributed by atoms with van der Waals surface area (Å²) in [5.74, 6) is 0.178. The Morgan fingerprint density at radius 2 is 1.65 bits per heavy atom. The SMILES string of the molecule is O=C(Cc1ccc(F)cc1)N1CC[C@@H]2[C@H](CCCN2C(=O)c2ccc(N3CCOCC3)cc2)C1. The molecule has 180 valence electrons. The maximum atomic E-state index is 13.4. The van der Waals surface area contributed by atoms with Crippen LogP contribution in [0.4, 0.5) is 10.1 Å². The van der Waals surface area contributed by atoms with Gasteiger partial charge in [0.2, 0.25) is 5.91 Å². The Hall–Kier alpha value is -2.93. The van der Waals surface area contributed by atoms with Crippen molar-refractivity contribution in [2.24, 2.45) is 5.92 Å². The van der Waals surface area contributed by atoms with Gasteiger partial charge in [-0.2, -0.15) is 0 Å². The van der Waals surface area contributed by atoms with E-state index in [4.69, 9.17) is 4.74 Å². The summed E-state index contributed by atoms with van der Waals surface area (Å²) in [5, 5.41) is 0. The Bertz CT molecular complexity index is 1000. The van der Waals surface area contributed by atoms with Crippen molar-refractivity contribution in [1.29, 1.82) is 0 Å². The zero-order valence-corrected chi connectivity index (χ0v) is 19.5. The van der Waals surface area contributed by atoms with Crippen LogP contribution in [-0.4, -0.2) is 73.6 Å². The molecule has 6 nitrogen and oxygen atoms in total. The van der Waals surface area contributed by atoms with Gasteiger partial charge in [0.25, 0.3) is 5.91 Å². The lowest BCUT2D eigenvalue weighted by molar-refractivity contribution is -0.133. The van der Waals surface area contributed by atoms with Gasteiger partial charge < -0.3 is 19.4 Å². The van der Waals surface area contributed by atoms with E-state index < -0.39 is 0 Å². The molecule has 5 rings (SSSR count). The fraction of sp³-hybridized carbons (Fsp3) is 0.481. The van der Waals surface area contributed by atoms with Crippen LogP contribution in [0, 0.1) is 11.7 Å². The maximum Gasteiger partial charge on any atom is 0.254 e. The molecule has 2 aromatic rings. The summed E-state index contributed by atoms with van der Waals surface area (Å²) < 4.78 is 18.6. The van der Waals surface area contributed by atoms with Crippen LogP contribution >= 0.6 is 0 Å². The molecule has 0 N–H and O–H groups in total. The summed E-state index contributed by atoms with van der Waals surface area (Å²) in [7, 11) is 0. The monoisotopic (exact) mass is 465 g/mol. The van der Waals surface area contributed by atoms with Gasteiger partial charge in [0.1, 0.15) is 5.82 Å². The Morgan fingerprint density at radius 1 is 0.912 bits per heavy atom. The number of carbonyl (C=O) groups excluding carboxylic acids is 2. The van der Waals surface area contributed by atoms with E-state index in [1.807, 2.05) is 34.1 Å². The van der Waals surface area contributed by atoms with Crippen molar-refractivity contribution in [1.82, 2.24) is 9.80 Å². The molecule has 34 heavy (non-hydrogen) atoms. The second-order valence-corrected chi connectivity index (χ2v) is 9.55. The van der Waals surface area contributed by atoms with Crippen LogP contribution in [0.15, 0.2) is 48.5 Å². The summed E-state index contributed by atoms with van der Waals surface area (Å²) in [6, 6.07) is 14.3. The summed E-state index contributed by atoms with van der Waals surface area (Å²) in [4.78, 5) is 32.5. The molecule has 0 spiro atoms. The Labute approximate surface area is 200 Å². The fourth-order valence-corrected chi connectivity index (χ4v) is 5.57. The van der Waals surface area contributed by atoms with Gasteiger partial charge in [-0.15, -0.1) is 0 Å². The third-order valence-electron chi connectivity index (χ3n) is 7.44. The third kappa shape index (κ3) is 4.94. The number of piperidine rings is 2. The minimum Gasteiger partial charge on any atom is -0.378 e. The standard InChI is InChI=1S/C27H32FN3O3/c28-23-7-3-20(4-8-23)18-26(32)30-13-11-25-22(19-30)2-1-12-31(25)27(33)21-5-9-24(10-6-21)29-14-16-34-17-15-29/h3-10,22,25H,1-2,11-19H2/t22-,25-/m1/s1. The molecule has 0 bridgehead atoms. The number of likely N-dealkylation sites (tertiary alicyclic amines) is 2. The van der Waals surface area contributed by atoms with Crippen molar-refractivity contribution in [2.45, 2.75) is 31.7 Å². The number of hydrogen-bond acceptors (Lipinski definition) is 4. The van der Waals surface area contributed by atoms with Crippen LogP contribution in [0.1, 0.15) is 35.2 Å². The number of rotatable bonds is 4. The number of anilines is 1. The summed E-state index contributed by atoms with van der Waals surface area (Å²) in [5.41, 5.74) is 2.69. The highest BCUT2D eigenvalue weighted by Crippen LogP contribution is 2.32. The topological polar surface area (TPSA) is 53.1 Å². The van der Waals surface area contributed by atoms with Crippen LogP contribution in [0.25, 0.3) is 0 Å². The molecule has 3 fully saturated rings. The van der Waals surface area contributed by atoms with E-state index in [1.165, 1.54) is 12.1 Å². The van der Waals surface area contributed by atoms with E-state index in [0.29, 0.717) is 19.0 Å². The molecule has 3 aliphatic heterocycles. The highest BCUT2D eigenvalue weighted by atomic mass is 19.1. The molecule has 0 unspecified atom stereocenters. The second kappa shape index (κ2) is 10.1. The first-order valence-electron chi connectivity index (χ1n) is 12.3. The number of amides is 2. The van der Waals surface area contributed by atoms with E-state index in [0.717, 1.165) is 68.9 Å². The first kappa shape index (κ1) is 22.8. The number of ether oxygens (including phenoxy) is 1. The molecule has 2 amide bonds. The Kier molecular flexibility index (Phi) is 6.81. The van der Waals surface area contributed by atoms with E-state index in [9.17, 15) is 14.0 Å². The first-order chi connectivity index (χ1) is 16.6. The van der Waals surface area contributed by atoms with Crippen molar-refractivity contribution in [3.05, 3.63) is 65.5 Å². The predicted octanol–water partition coefficient (Wildman–Crippen LogP) is 3.36. The molecule has 3 aliphatic rings. The summed E-state index contributed by atoms with van der Waals surface area (Å²) in [6.45, 7) is 5.33. The number of morpholine rings is 1. The molecular formula is C27H32FN3O3. The number of benzene rings is 2. The fourth-order valence-electron chi connectivity index (χ4n) is 5.57. The van der Waals surface area contributed by atoms with Crippen LogP contribution in [0.3, 0.4) is 0 Å². The van der Waals surface area contributed by atoms with Crippen molar-refractivity contribution in [2.75, 3.05) is 50.8 Å². The van der Waals surface area contributed by atoms with E-state index in [-0.39, 0.29) is 30.1 Å². The molecule has 2 aromatic carbocycles. The first-order valence-corrected chi connectivity index (χ1v) is 12.3. The van der Waals surface area contributed by atoms with E-state index in [2.05, 4.69) is 4.90 Å². The van der Waals surface area contributed by atoms with Crippen molar-refractivity contribution in [3.63, 3.8) is 0 Å². The van der Waals surface area contributed by atoms with Crippen molar-refractivity contribution < 1.29 is 18.7 Å². The lowest BCUT2D eigenvalue weighted by Crippen LogP contribution is -2.56. The molecule has 0 saturated carbocycles. The lowest BCUT2D eigenvalue weighted by Gasteiger charge is -2.47. The maximum absolute atomic E-state index is 13.4. The van der Waals surface area contributed by atoms with Crippen molar-refractivity contribution in [3.8, 4) is 0 Å². The molecule has 3 heterocycles. The smallest absolute Gasteiger partial charge is 0.254 e. The predicted molar refractivity (Wildman–Crippen MR) is 128 cm³/mol. The van der Waals surface area contributed by atoms with Crippen LogP contribution in [0.5, 0.6) is 0 Å². The van der Waals surface area contributed by atoms with Gasteiger partial charge in [-0.05, 0) is 67.1 Å². The van der Waals surface area contributed by atoms with Crippen LogP contribution in [0.2, 0.25) is 0 Å². The molecule has 0 aromatic heterocycles. The molecule has 7 heteroatoms. The highest BCUT2D eigenvalue weighted by Gasteiger charge is 2.39. The summed E-state index contributed by atoms with van der Waals surface area (Å²) in [6.07, 6.45) is 3.08. The minimum atomic E-state index is -0.292. The highest BCUT2D eigenvalue weighted by molar-refractivity contribution is 5.95. The number of nitrogens with zero attached hydrogens (tertiary/aromatic N) is 3. The molecule has 3 saturated heterocycles. The number of carbonyl (C=O) groups is 2. The average molecular weight is 466 g/mol. The second-order valence-electron chi connectivity index (χ2n) is 9.55. The molecule has 0 radical (unpaired) electrons. The normalized spacial score (nSPS) is 22.9. The van der Waals surface area contributed by atoms with Crippen LogP contribution < -0.4 is 4.90 Å². The van der Waals surface area contributed by atoms with Crippen LogP contribution in [-0.2, 0) is 16.0 Å². The quantitative estimate of drug-likeness (QED) is 0.695. The van der Waals surface area contributed by atoms with Gasteiger partial charge in [0.05, 0.1) is 19.6 Å². The zero-order valence-electron chi connectivity index (χ0n) is 19.5. The third-order valence-corrected chi connectivity index (χ3v) is 7.44. The summed E-state index contributed by atoms with van der Waals surface area (Å²) >= 11 is 0. The van der Waals surface area contributed by atoms with Gasteiger partial charge in [-0.1, -0.05) is 12.1 Å². The zero-order chi connectivity index (χ0) is 23.5. The van der Waals surface area contributed by atoms with E-state index >= 15 is 0 Å². The van der Waals surface area contributed by atoms with Gasteiger partial charge in [-0.3, -0.25) is 9.59 Å². The minimum absolute atomic E-state index is 0.0761. The molecule has 0 aliphatic carbocycles. The van der Waals surface area contributed by atoms with E-state index in [1.54, 1.807) is 12.1 Å². The molecule has 2 atom stereocenters. The van der Waals surface area contributed by atoms with Crippen molar-refractivity contribution >= 4 is 17.5 Å². The van der Waals surface area contributed by atoms with Gasteiger partial charge in [0.15, 0.2) is 0 Å². The number of halogens is 1. The van der Waals surface area contributed by atoms with Gasteiger partial charge in [-0.25, -0.2) is 4.39 Å². The lowest BCUT2D eigenvalue weighted by atomic mass is 9.83. The largest absolute Gasteiger partial charge is 0.378 e. The average Bonchev–Trinajstić information content (AvgIpc) is 2.89.